The van der Waals surface area contributed by atoms with Crippen LogP contribution in [0.15, 0.2) is 18.3 Å². The van der Waals surface area contributed by atoms with Gasteiger partial charge in [-0.2, -0.15) is 5.10 Å². The second-order valence-corrected chi connectivity index (χ2v) is 5.47. The molecule has 1 aliphatic rings. The summed E-state index contributed by atoms with van der Waals surface area (Å²) in [5.74, 6) is -2.06. The number of carbonyl (C=O) groups is 3. The number of nitrogens with zero attached hydrogens (tertiary/aromatic N) is 3. The number of hydrogen-bond donors (Lipinski definition) is 2. The summed E-state index contributed by atoms with van der Waals surface area (Å²) in [7, 11) is 0. The van der Waals surface area contributed by atoms with Crippen molar-refractivity contribution >= 4 is 23.4 Å². The summed E-state index contributed by atoms with van der Waals surface area (Å²) < 4.78 is 6.15. The molecule has 0 bridgehead atoms. The van der Waals surface area contributed by atoms with E-state index in [1.54, 1.807) is 17.6 Å². The maximum atomic E-state index is 11.8. The van der Waals surface area contributed by atoms with Gasteiger partial charge >= 0.3 is 11.9 Å². The molecule has 9 heteroatoms. The number of carbonyl (C=O) groups excluding carboxylic acids is 3. The Labute approximate surface area is 137 Å². The predicted molar refractivity (Wildman–Crippen MR) is 81.6 cm³/mol. The van der Waals surface area contributed by atoms with Crippen LogP contribution in [0, 0.1) is 0 Å². The zero-order valence-corrected chi connectivity index (χ0v) is 13.1. The first-order valence-electron chi connectivity index (χ1n) is 7.68. The van der Waals surface area contributed by atoms with Gasteiger partial charge in [0.2, 0.25) is 5.91 Å². The highest BCUT2D eigenvalue weighted by molar-refractivity contribution is 6.32. The van der Waals surface area contributed by atoms with Gasteiger partial charge in [0.25, 0.3) is 0 Å². The van der Waals surface area contributed by atoms with E-state index < -0.39 is 17.8 Å². The first kappa shape index (κ1) is 15.9. The standard InChI is InChI=1S/C15H17N5O4/c1-2-24-15(23)14(22)18-17-13(21)7-10-8-20-12(16-10)6-5-11(19-20)9-3-4-9/h5-6,8-9H,2-4,7H2,1H3,(H,17,21)(H,18,22). The zero-order valence-electron chi connectivity index (χ0n) is 13.1. The monoisotopic (exact) mass is 331 g/mol. The van der Waals surface area contributed by atoms with Gasteiger partial charge in [0.15, 0.2) is 5.65 Å². The summed E-state index contributed by atoms with van der Waals surface area (Å²) in [5, 5.41) is 4.47. The molecule has 1 fully saturated rings. The van der Waals surface area contributed by atoms with Crippen LogP contribution in [0.5, 0.6) is 0 Å². The lowest BCUT2D eigenvalue weighted by molar-refractivity contribution is -0.155. The van der Waals surface area contributed by atoms with Crippen molar-refractivity contribution in [2.75, 3.05) is 6.61 Å². The van der Waals surface area contributed by atoms with Crippen LogP contribution in [0.25, 0.3) is 5.65 Å². The quantitative estimate of drug-likeness (QED) is 0.458. The van der Waals surface area contributed by atoms with Gasteiger partial charge < -0.3 is 4.74 Å². The summed E-state index contributed by atoms with van der Waals surface area (Å²) in [4.78, 5) is 38.5. The van der Waals surface area contributed by atoms with E-state index in [0.29, 0.717) is 17.3 Å². The van der Waals surface area contributed by atoms with E-state index in [2.05, 4.69) is 20.2 Å². The Morgan fingerprint density at radius 1 is 1.29 bits per heavy atom. The minimum Gasteiger partial charge on any atom is -0.459 e. The molecule has 2 heterocycles. The first-order valence-corrected chi connectivity index (χ1v) is 7.68. The molecular formula is C15H17N5O4. The van der Waals surface area contributed by atoms with Gasteiger partial charge in [0.1, 0.15) is 0 Å². The van der Waals surface area contributed by atoms with Crippen LogP contribution in [0.2, 0.25) is 0 Å². The number of amides is 2. The van der Waals surface area contributed by atoms with Gasteiger partial charge in [0, 0.05) is 5.92 Å². The van der Waals surface area contributed by atoms with Crippen molar-refractivity contribution in [3.05, 3.63) is 29.7 Å². The first-order chi connectivity index (χ1) is 11.6. The van der Waals surface area contributed by atoms with Crippen molar-refractivity contribution in [1.82, 2.24) is 25.4 Å². The molecule has 24 heavy (non-hydrogen) atoms. The van der Waals surface area contributed by atoms with Crippen LogP contribution in [-0.2, 0) is 25.5 Å². The fourth-order valence-electron chi connectivity index (χ4n) is 2.21. The average molecular weight is 331 g/mol. The number of esters is 1. The highest BCUT2D eigenvalue weighted by Gasteiger charge is 2.25. The highest BCUT2D eigenvalue weighted by Crippen LogP contribution is 2.38. The third-order valence-corrected chi connectivity index (χ3v) is 3.50. The summed E-state index contributed by atoms with van der Waals surface area (Å²) >= 11 is 0. The number of aromatic nitrogens is 3. The van der Waals surface area contributed by atoms with E-state index in [-0.39, 0.29) is 13.0 Å². The zero-order chi connectivity index (χ0) is 17.1. The molecule has 9 nitrogen and oxygen atoms in total. The normalized spacial score (nSPS) is 13.5. The van der Waals surface area contributed by atoms with Gasteiger partial charge in [0.05, 0.1) is 30.6 Å². The lowest BCUT2D eigenvalue weighted by atomic mass is 10.3. The van der Waals surface area contributed by atoms with Gasteiger partial charge in [-0.15, -0.1) is 0 Å². The molecule has 3 rings (SSSR count). The second kappa shape index (κ2) is 6.65. The van der Waals surface area contributed by atoms with Gasteiger partial charge in [-0.25, -0.2) is 14.3 Å². The van der Waals surface area contributed by atoms with E-state index in [0.717, 1.165) is 18.5 Å². The average Bonchev–Trinajstić information content (AvgIpc) is 3.33. The Morgan fingerprint density at radius 3 is 2.79 bits per heavy atom. The number of hydrogen-bond acceptors (Lipinski definition) is 6. The Balaban J connectivity index is 1.57. The van der Waals surface area contributed by atoms with E-state index in [1.807, 2.05) is 17.6 Å². The fourth-order valence-corrected chi connectivity index (χ4v) is 2.21. The minimum absolute atomic E-state index is 0.0504. The van der Waals surface area contributed by atoms with Crippen molar-refractivity contribution in [2.45, 2.75) is 32.1 Å². The largest absolute Gasteiger partial charge is 0.459 e. The molecule has 0 aliphatic heterocycles. The third kappa shape index (κ3) is 3.67. The summed E-state index contributed by atoms with van der Waals surface area (Å²) in [6.07, 6.45) is 3.93. The van der Waals surface area contributed by atoms with E-state index in [1.165, 1.54) is 0 Å². The molecule has 0 radical (unpaired) electrons. The van der Waals surface area contributed by atoms with Crippen LogP contribution >= 0.6 is 0 Å². The van der Waals surface area contributed by atoms with Crippen LogP contribution in [0.4, 0.5) is 0 Å². The highest BCUT2D eigenvalue weighted by atomic mass is 16.5. The number of hydrazine groups is 1. The number of imidazole rings is 1. The smallest absolute Gasteiger partial charge is 0.398 e. The van der Waals surface area contributed by atoms with Crippen molar-refractivity contribution in [3.8, 4) is 0 Å². The SMILES string of the molecule is CCOC(=O)C(=O)NNC(=O)Cc1cn2nc(C3CC3)ccc2n1. The van der Waals surface area contributed by atoms with Crippen molar-refractivity contribution in [1.29, 1.82) is 0 Å². The second-order valence-electron chi connectivity index (χ2n) is 5.47. The Morgan fingerprint density at radius 2 is 2.08 bits per heavy atom. The van der Waals surface area contributed by atoms with Crippen LogP contribution in [0.3, 0.4) is 0 Å². The van der Waals surface area contributed by atoms with E-state index in [4.69, 9.17) is 0 Å². The summed E-state index contributed by atoms with van der Waals surface area (Å²) in [5.41, 5.74) is 6.32. The molecule has 2 aromatic heterocycles. The fraction of sp³-hybridized carbons (Fsp3) is 0.400. The van der Waals surface area contributed by atoms with Gasteiger partial charge in [-0.05, 0) is 31.9 Å². The molecule has 126 valence electrons. The van der Waals surface area contributed by atoms with Crippen molar-refractivity contribution in [3.63, 3.8) is 0 Å². The molecule has 0 aromatic carbocycles. The molecule has 1 saturated carbocycles. The number of ether oxygens (including phenoxy) is 1. The third-order valence-electron chi connectivity index (χ3n) is 3.50. The van der Waals surface area contributed by atoms with Crippen molar-refractivity contribution < 1.29 is 19.1 Å². The van der Waals surface area contributed by atoms with E-state index >= 15 is 0 Å². The Bertz CT molecular complexity index is 796. The summed E-state index contributed by atoms with van der Waals surface area (Å²) in [6, 6.07) is 3.81. The van der Waals surface area contributed by atoms with Crippen LogP contribution in [0.1, 0.15) is 37.1 Å². The maximum Gasteiger partial charge on any atom is 0.398 e. The van der Waals surface area contributed by atoms with E-state index in [9.17, 15) is 14.4 Å². The Kier molecular flexibility index (Phi) is 4.41. The number of nitrogens with one attached hydrogen (secondary N) is 2. The maximum absolute atomic E-state index is 11.8. The topological polar surface area (TPSA) is 115 Å². The summed E-state index contributed by atoms with van der Waals surface area (Å²) in [6.45, 7) is 1.66. The van der Waals surface area contributed by atoms with Crippen LogP contribution in [-0.4, -0.2) is 39.0 Å². The molecule has 2 amide bonds. The molecular weight excluding hydrogens is 314 g/mol. The number of rotatable bonds is 4. The van der Waals surface area contributed by atoms with Gasteiger partial charge in [-0.1, -0.05) is 0 Å². The minimum atomic E-state index is -1.05. The lowest BCUT2D eigenvalue weighted by Gasteiger charge is -2.05. The molecule has 0 unspecified atom stereocenters. The number of fused-ring (bicyclic) bond motifs is 1. The van der Waals surface area contributed by atoms with Crippen molar-refractivity contribution in [2.24, 2.45) is 0 Å². The molecule has 2 N–H and O–H groups in total. The molecule has 0 atom stereocenters. The molecule has 2 aromatic rings. The van der Waals surface area contributed by atoms with Crippen LogP contribution < -0.4 is 10.9 Å². The molecule has 0 saturated heterocycles. The van der Waals surface area contributed by atoms with Gasteiger partial charge in [-0.3, -0.25) is 20.4 Å². The predicted octanol–water partition coefficient (Wildman–Crippen LogP) is -0.140. The Hall–Kier alpha value is -2.97. The lowest BCUT2D eigenvalue weighted by Crippen LogP contribution is -2.46. The molecule has 1 aliphatic carbocycles. The molecule has 0 spiro atoms.